The molecular weight excluding hydrogens is 260 g/mol. The molecule has 0 radical (unpaired) electrons. The molecule has 92 valence electrons. The van der Waals surface area contributed by atoms with Crippen molar-refractivity contribution in [3.63, 3.8) is 0 Å². The van der Waals surface area contributed by atoms with E-state index in [1.54, 1.807) is 6.08 Å². The molecule has 1 N–H and O–H groups in total. The third kappa shape index (κ3) is 5.55. The minimum atomic E-state index is -0.680. The largest absolute Gasteiger partial charge is 0.480 e. The zero-order chi connectivity index (χ0) is 11.8. The van der Waals surface area contributed by atoms with Gasteiger partial charge in [0.15, 0.2) is 0 Å². The van der Waals surface area contributed by atoms with Crippen LogP contribution in [0.15, 0.2) is 12.7 Å². The van der Waals surface area contributed by atoms with E-state index in [0.717, 1.165) is 30.3 Å². The maximum absolute atomic E-state index is 11.0. The first kappa shape index (κ1) is 14.3. The van der Waals surface area contributed by atoms with Gasteiger partial charge in [-0.1, -0.05) is 34.1 Å². The predicted molar refractivity (Wildman–Crippen MR) is 76.4 cm³/mol. The van der Waals surface area contributed by atoms with Crippen molar-refractivity contribution in [2.75, 3.05) is 11.5 Å². The van der Waals surface area contributed by atoms with Crippen molar-refractivity contribution in [1.29, 1.82) is 0 Å². The zero-order valence-corrected chi connectivity index (χ0v) is 11.7. The molecule has 2 nitrogen and oxygen atoms in total. The summed E-state index contributed by atoms with van der Waals surface area (Å²) < 4.78 is 0. The summed E-state index contributed by atoms with van der Waals surface area (Å²) in [5.41, 5.74) is 0. The van der Waals surface area contributed by atoms with Crippen LogP contribution < -0.4 is 0 Å². The van der Waals surface area contributed by atoms with E-state index in [9.17, 15) is 4.79 Å². The van der Waals surface area contributed by atoms with Crippen molar-refractivity contribution in [2.24, 2.45) is 0 Å². The first-order chi connectivity index (χ1) is 7.74. The molecule has 0 aromatic rings. The van der Waals surface area contributed by atoms with Crippen LogP contribution in [-0.4, -0.2) is 33.1 Å². The van der Waals surface area contributed by atoms with Crippen LogP contribution in [-0.2, 0) is 4.79 Å². The van der Waals surface area contributed by atoms with E-state index in [-0.39, 0.29) is 5.25 Å². The highest BCUT2D eigenvalue weighted by Gasteiger charge is 2.20. The number of hydrogen-bond donors (Lipinski definition) is 1. The van der Waals surface area contributed by atoms with Gasteiger partial charge in [-0.05, 0) is 19.3 Å². The number of hydrogen-bond acceptors (Lipinski definition) is 4. The second-order valence-corrected chi connectivity index (χ2v) is 7.73. The topological polar surface area (TPSA) is 37.3 Å². The molecule has 1 rings (SSSR count). The van der Waals surface area contributed by atoms with Crippen molar-refractivity contribution in [3.05, 3.63) is 12.7 Å². The predicted octanol–water partition coefficient (Wildman–Crippen LogP) is 3.68. The average molecular weight is 278 g/mol. The van der Waals surface area contributed by atoms with Crippen LogP contribution >= 0.6 is 33.3 Å². The third-order valence-corrected chi connectivity index (χ3v) is 6.69. The summed E-state index contributed by atoms with van der Waals surface area (Å²) >= 11 is 1.48. The Kier molecular flexibility index (Phi) is 7.49. The Morgan fingerprint density at radius 3 is 3.06 bits per heavy atom. The lowest BCUT2D eigenvalue weighted by atomic mass is 10.1. The van der Waals surface area contributed by atoms with Crippen LogP contribution in [0.1, 0.15) is 25.7 Å². The second-order valence-electron chi connectivity index (χ2n) is 3.71. The van der Waals surface area contributed by atoms with E-state index in [2.05, 4.69) is 6.58 Å². The lowest BCUT2D eigenvalue weighted by molar-refractivity contribution is -0.136. The van der Waals surface area contributed by atoms with E-state index in [1.165, 1.54) is 23.9 Å². The number of thioether (sulfide) groups is 1. The van der Waals surface area contributed by atoms with Crippen LogP contribution in [0.4, 0.5) is 0 Å². The molecule has 5 heteroatoms. The summed E-state index contributed by atoms with van der Waals surface area (Å²) in [4.78, 5) is 11.0. The molecule has 1 aliphatic rings. The van der Waals surface area contributed by atoms with Crippen LogP contribution in [0.25, 0.3) is 0 Å². The van der Waals surface area contributed by atoms with Gasteiger partial charge in [0.2, 0.25) is 0 Å². The van der Waals surface area contributed by atoms with Gasteiger partial charge in [0.25, 0.3) is 0 Å². The van der Waals surface area contributed by atoms with E-state index in [0.29, 0.717) is 0 Å². The number of aliphatic carboxylic acids is 1. The van der Waals surface area contributed by atoms with Crippen molar-refractivity contribution < 1.29 is 9.90 Å². The molecule has 0 bridgehead atoms. The van der Waals surface area contributed by atoms with Crippen LogP contribution in [0.3, 0.4) is 0 Å². The lowest BCUT2D eigenvalue weighted by Gasteiger charge is -2.12. The first-order valence-corrected chi connectivity index (χ1v) is 8.90. The molecule has 2 unspecified atom stereocenters. The molecule has 0 aromatic heterocycles. The van der Waals surface area contributed by atoms with Gasteiger partial charge in [-0.3, -0.25) is 4.79 Å². The van der Waals surface area contributed by atoms with Gasteiger partial charge in [0.05, 0.1) is 0 Å². The number of carboxylic acid groups (broad SMARTS) is 1. The summed E-state index contributed by atoms with van der Waals surface area (Å²) in [7, 11) is 3.91. The minimum absolute atomic E-state index is 0.253. The van der Waals surface area contributed by atoms with E-state index in [1.807, 2.05) is 21.6 Å². The molecule has 0 amide bonds. The van der Waals surface area contributed by atoms with Crippen molar-refractivity contribution >= 4 is 39.3 Å². The normalized spacial score (nSPS) is 21.9. The Bertz CT molecular complexity index is 227. The highest BCUT2D eigenvalue weighted by molar-refractivity contribution is 8.77. The highest BCUT2D eigenvalue weighted by atomic mass is 33.1. The quantitative estimate of drug-likeness (QED) is 0.541. The van der Waals surface area contributed by atoms with Crippen molar-refractivity contribution in [1.82, 2.24) is 0 Å². The molecule has 0 aromatic carbocycles. The Hall–Kier alpha value is 0.260. The lowest BCUT2D eigenvalue weighted by Crippen LogP contribution is -2.17. The molecule has 0 aliphatic carbocycles. The maximum atomic E-state index is 11.0. The zero-order valence-electron chi connectivity index (χ0n) is 9.26. The fourth-order valence-corrected chi connectivity index (χ4v) is 5.43. The first-order valence-electron chi connectivity index (χ1n) is 5.47. The van der Waals surface area contributed by atoms with Gasteiger partial charge in [0, 0.05) is 16.8 Å². The van der Waals surface area contributed by atoms with Gasteiger partial charge < -0.3 is 5.11 Å². The van der Waals surface area contributed by atoms with Crippen LogP contribution in [0.2, 0.25) is 0 Å². The van der Waals surface area contributed by atoms with Crippen LogP contribution in [0.5, 0.6) is 0 Å². The van der Waals surface area contributed by atoms with Gasteiger partial charge in [-0.2, -0.15) is 0 Å². The molecule has 1 aliphatic heterocycles. The van der Waals surface area contributed by atoms with E-state index in [4.69, 9.17) is 5.11 Å². The molecule has 1 heterocycles. The Morgan fingerprint density at radius 2 is 2.50 bits per heavy atom. The average Bonchev–Trinajstić information content (AvgIpc) is 2.75. The standard InChI is InChI=1S/C11H18O2S3/c1-2-7-14-10(11(12)13)5-3-4-9-6-8-15-16-9/h2,9-10H,1,3-8H2,(H,12,13). The maximum Gasteiger partial charge on any atom is 0.316 e. The Labute approximate surface area is 109 Å². The number of rotatable bonds is 8. The second kappa shape index (κ2) is 8.37. The molecule has 1 fully saturated rings. The van der Waals surface area contributed by atoms with Gasteiger partial charge in [-0.25, -0.2) is 0 Å². The van der Waals surface area contributed by atoms with Gasteiger partial charge in [0.1, 0.15) is 5.25 Å². The fraction of sp³-hybridized carbons (Fsp3) is 0.727. The van der Waals surface area contributed by atoms with E-state index < -0.39 is 5.97 Å². The molecule has 16 heavy (non-hydrogen) atoms. The molecule has 1 saturated heterocycles. The van der Waals surface area contributed by atoms with Crippen molar-refractivity contribution in [3.8, 4) is 0 Å². The monoisotopic (exact) mass is 278 g/mol. The SMILES string of the molecule is C=CCSC(CCCC1CCSS1)C(=O)O. The van der Waals surface area contributed by atoms with Gasteiger partial charge >= 0.3 is 5.97 Å². The number of carboxylic acids is 1. The molecule has 2 atom stereocenters. The molecular formula is C11H18O2S3. The summed E-state index contributed by atoms with van der Waals surface area (Å²) in [6.07, 6.45) is 6.03. The Balaban J connectivity index is 2.15. The number of carbonyl (C=O) groups is 1. The smallest absolute Gasteiger partial charge is 0.316 e. The molecule has 0 saturated carbocycles. The Morgan fingerprint density at radius 1 is 1.69 bits per heavy atom. The molecule has 0 spiro atoms. The van der Waals surface area contributed by atoms with Crippen molar-refractivity contribution in [2.45, 2.75) is 36.2 Å². The summed E-state index contributed by atoms with van der Waals surface area (Å²) in [6.45, 7) is 3.62. The summed E-state index contributed by atoms with van der Waals surface area (Å²) in [5.74, 6) is 1.30. The van der Waals surface area contributed by atoms with Gasteiger partial charge in [-0.15, -0.1) is 18.3 Å². The fourth-order valence-electron chi connectivity index (χ4n) is 1.56. The van der Waals surface area contributed by atoms with Crippen LogP contribution in [0, 0.1) is 0 Å². The minimum Gasteiger partial charge on any atom is -0.480 e. The highest BCUT2D eigenvalue weighted by Crippen LogP contribution is 2.40. The summed E-state index contributed by atoms with van der Waals surface area (Å²) in [6, 6.07) is 0. The van der Waals surface area contributed by atoms with E-state index >= 15 is 0 Å². The third-order valence-electron chi connectivity index (χ3n) is 2.41. The summed E-state index contributed by atoms with van der Waals surface area (Å²) in [5, 5.41) is 9.53.